The molecule has 1 saturated heterocycles. The third kappa shape index (κ3) is 2.79. The summed E-state index contributed by atoms with van der Waals surface area (Å²) in [4.78, 5) is 23.6. The summed E-state index contributed by atoms with van der Waals surface area (Å²) in [5.41, 5.74) is 1.44. The Morgan fingerprint density at radius 1 is 1.12 bits per heavy atom. The molecule has 5 heteroatoms. The summed E-state index contributed by atoms with van der Waals surface area (Å²) >= 11 is 1.83. The SMILES string of the molecule is Cc1cc(N2C(=O)CSC2CC23CC4CC(CC(C4)C2)C3)nc(C)n1. The van der Waals surface area contributed by atoms with Crippen LogP contribution in [0.5, 0.6) is 0 Å². The molecule has 1 aliphatic heterocycles. The Kier molecular flexibility index (Phi) is 3.67. The van der Waals surface area contributed by atoms with Gasteiger partial charge in [-0.2, -0.15) is 0 Å². The Hall–Kier alpha value is -1.10. The lowest BCUT2D eigenvalue weighted by Crippen LogP contribution is -2.48. The zero-order valence-electron chi connectivity index (χ0n) is 15.2. The minimum absolute atomic E-state index is 0.220. The molecule has 5 aliphatic rings. The molecule has 0 spiro atoms. The monoisotopic (exact) mass is 357 g/mol. The maximum atomic E-state index is 12.6. The fourth-order valence-electron chi connectivity index (χ4n) is 6.63. The summed E-state index contributed by atoms with van der Waals surface area (Å²) in [5.74, 6) is 5.28. The minimum atomic E-state index is 0.220. The van der Waals surface area contributed by atoms with Crippen LogP contribution < -0.4 is 4.90 Å². The normalized spacial score (nSPS) is 39.4. The van der Waals surface area contributed by atoms with Gasteiger partial charge in [-0.05, 0) is 82.0 Å². The lowest BCUT2D eigenvalue weighted by molar-refractivity contribution is -0.116. The van der Waals surface area contributed by atoms with Crippen molar-refractivity contribution in [3.63, 3.8) is 0 Å². The number of aryl methyl sites for hydroxylation is 2. The largest absolute Gasteiger partial charge is 0.283 e. The average Bonchev–Trinajstić information content (AvgIpc) is 2.84. The molecule has 4 nitrogen and oxygen atoms in total. The first kappa shape index (κ1) is 16.1. The molecular formula is C20H27N3OS. The molecule has 1 atom stereocenters. The van der Waals surface area contributed by atoms with Crippen LogP contribution in [0.25, 0.3) is 0 Å². The van der Waals surface area contributed by atoms with Crippen molar-refractivity contribution in [2.75, 3.05) is 10.7 Å². The maximum Gasteiger partial charge on any atom is 0.239 e. The predicted octanol–water partition coefficient (Wildman–Crippen LogP) is 4.11. The van der Waals surface area contributed by atoms with Crippen LogP contribution in [0.2, 0.25) is 0 Å². The zero-order valence-corrected chi connectivity index (χ0v) is 16.0. The van der Waals surface area contributed by atoms with Gasteiger partial charge in [-0.3, -0.25) is 9.69 Å². The second-order valence-corrected chi connectivity index (χ2v) is 10.2. The second kappa shape index (κ2) is 5.70. The molecule has 1 aromatic heterocycles. The maximum absolute atomic E-state index is 12.6. The van der Waals surface area contributed by atoms with Crippen LogP contribution in [0, 0.1) is 37.0 Å². The van der Waals surface area contributed by atoms with Crippen molar-refractivity contribution in [3.05, 3.63) is 17.6 Å². The van der Waals surface area contributed by atoms with E-state index in [4.69, 9.17) is 0 Å². The molecule has 6 rings (SSSR count). The molecule has 0 aromatic carbocycles. The number of anilines is 1. The van der Waals surface area contributed by atoms with E-state index in [9.17, 15) is 4.79 Å². The van der Waals surface area contributed by atoms with Crippen LogP contribution >= 0.6 is 11.8 Å². The molecule has 1 unspecified atom stereocenters. The van der Waals surface area contributed by atoms with Crippen LogP contribution in [-0.2, 0) is 4.79 Å². The first-order valence-corrected chi connectivity index (χ1v) is 10.8. The Morgan fingerprint density at radius 3 is 2.36 bits per heavy atom. The molecular weight excluding hydrogens is 330 g/mol. The van der Waals surface area contributed by atoms with E-state index in [1.807, 2.05) is 36.6 Å². The van der Waals surface area contributed by atoms with Crippen molar-refractivity contribution in [2.45, 2.75) is 64.2 Å². The molecule has 0 radical (unpaired) electrons. The third-order valence-corrected chi connectivity index (χ3v) is 8.10. The van der Waals surface area contributed by atoms with Gasteiger partial charge in [0.1, 0.15) is 11.6 Å². The van der Waals surface area contributed by atoms with Gasteiger partial charge >= 0.3 is 0 Å². The average molecular weight is 358 g/mol. The van der Waals surface area contributed by atoms with E-state index in [0.29, 0.717) is 11.2 Å². The first-order valence-electron chi connectivity index (χ1n) is 9.76. The van der Waals surface area contributed by atoms with Crippen molar-refractivity contribution in [1.82, 2.24) is 9.97 Å². The van der Waals surface area contributed by atoms with Gasteiger partial charge in [-0.1, -0.05) is 0 Å². The van der Waals surface area contributed by atoms with Gasteiger partial charge in [0.15, 0.2) is 0 Å². The molecule has 1 amide bonds. The third-order valence-electron chi connectivity index (χ3n) is 6.93. The standard InChI is InChI=1S/C20H27N3OS/c1-12-3-17(22-13(2)21-12)23-18(24)11-25-19(23)10-20-7-14-4-15(8-20)6-16(5-14)9-20/h3,14-16,19H,4-11H2,1-2H3. The fourth-order valence-corrected chi connectivity index (χ4v) is 7.95. The number of hydrogen-bond acceptors (Lipinski definition) is 4. The molecule has 0 N–H and O–H groups in total. The summed E-state index contributed by atoms with van der Waals surface area (Å²) in [7, 11) is 0. The Morgan fingerprint density at radius 2 is 1.76 bits per heavy atom. The summed E-state index contributed by atoms with van der Waals surface area (Å²) in [5, 5.41) is 0.262. The van der Waals surface area contributed by atoms with Gasteiger partial charge in [0, 0.05) is 11.8 Å². The van der Waals surface area contributed by atoms with Gasteiger partial charge in [-0.15, -0.1) is 11.8 Å². The van der Waals surface area contributed by atoms with E-state index in [0.717, 1.165) is 41.5 Å². The molecule has 134 valence electrons. The van der Waals surface area contributed by atoms with Gasteiger partial charge in [0.2, 0.25) is 5.91 Å². The number of carbonyl (C=O) groups excluding carboxylic acids is 1. The Balaban J connectivity index is 1.42. The summed E-state index contributed by atoms with van der Waals surface area (Å²) in [6, 6.07) is 1.98. The lowest BCUT2D eigenvalue weighted by Gasteiger charge is -2.57. The van der Waals surface area contributed by atoms with Gasteiger partial charge in [0.05, 0.1) is 11.1 Å². The van der Waals surface area contributed by atoms with Crippen molar-refractivity contribution < 1.29 is 4.79 Å². The highest BCUT2D eigenvalue weighted by Crippen LogP contribution is 2.62. The van der Waals surface area contributed by atoms with Crippen molar-refractivity contribution in [3.8, 4) is 0 Å². The topological polar surface area (TPSA) is 46.1 Å². The van der Waals surface area contributed by atoms with Gasteiger partial charge in [-0.25, -0.2) is 9.97 Å². The highest BCUT2D eigenvalue weighted by molar-refractivity contribution is 8.01. The quantitative estimate of drug-likeness (QED) is 0.817. The summed E-state index contributed by atoms with van der Waals surface area (Å²) in [6.07, 6.45) is 9.80. The van der Waals surface area contributed by atoms with E-state index >= 15 is 0 Å². The van der Waals surface area contributed by atoms with E-state index in [-0.39, 0.29) is 11.3 Å². The van der Waals surface area contributed by atoms with Crippen LogP contribution in [0.4, 0.5) is 5.82 Å². The number of thioether (sulfide) groups is 1. The molecule has 4 saturated carbocycles. The number of amides is 1. The van der Waals surface area contributed by atoms with E-state index in [1.54, 1.807) is 0 Å². The number of nitrogens with zero attached hydrogens (tertiary/aromatic N) is 3. The first-order chi connectivity index (χ1) is 12.0. The summed E-state index contributed by atoms with van der Waals surface area (Å²) < 4.78 is 0. The molecule has 2 heterocycles. The molecule has 5 fully saturated rings. The number of aromatic nitrogens is 2. The summed E-state index contributed by atoms with van der Waals surface area (Å²) in [6.45, 7) is 3.90. The van der Waals surface area contributed by atoms with Crippen LogP contribution in [-0.4, -0.2) is 27.0 Å². The van der Waals surface area contributed by atoms with Crippen LogP contribution in [0.1, 0.15) is 56.5 Å². The fraction of sp³-hybridized carbons (Fsp3) is 0.750. The number of carbonyl (C=O) groups is 1. The van der Waals surface area contributed by atoms with E-state index in [1.165, 1.54) is 38.5 Å². The van der Waals surface area contributed by atoms with Gasteiger partial charge < -0.3 is 0 Å². The smallest absolute Gasteiger partial charge is 0.239 e. The van der Waals surface area contributed by atoms with Crippen molar-refractivity contribution >= 4 is 23.5 Å². The Bertz CT molecular complexity index is 663. The predicted molar refractivity (Wildman–Crippen MR) is 100 cm³/mol. The molecule has 1 aromatic rings. The highest BCUT2D eigenvalue weighted by Gasteiger charge is 2.52. The Labute approximate surface area is 154 Å². The molecule has 4 bridgehead atoms. The number of hydrogen-bond donors (Lipinski definition) is 0. The van der Waals surface area contributed by atoms with Crippen molar-refractivity contribution in [1.29, 1.82) is 0 Å². The lowest BCUT2D eigenvalue weighted by atomic mass is 9.49. The van der Waals surface area contributed by atoms with Crippen molar-refractivity contribution in [2.24, 2.45) is 23.2 Å². The molecule has 4 aliphatic carbocycles. The van der Waals surface area contributed by atoms with Crippen LogP contribution in [0.3, 0.4) is 0 Å². The van der Waals surface area contributed by atoms with Gasteiger partial charge in [0.25, 0.3) is 0 Å². The van der Waals surface area contributed by atoms with E-state index < -0.39 is 0 Å². The molecule has 25 heavy (non-hydrogen) atoms. The highest BCUT2D eigenvalue weighted by atomic mass is 32.2. The zero-order chi connectivity index (χ0) is 17.2. The minimum Gasteiger partial charge on any atom is -0.283 e. The van der Waals surface area contributed by atoms with Crippen LogP contribution in [0.15, 0.2) is 6.07 Å². The second-order valence-electron chi connectivity index (χ2n) is 9.07. The van der Waals surface area contributed by atoms with E-state index in [2.05, 4.69) is 9.97 Å². The number of rotatable bonds is 3.